The summed E-state index contributed by atoms with van der Waals surface area (Å²) in [5.41, 5.74) is 2.55. The van der Waals surface area contributed by atoms with E-state index >= 15 is 0 Å². The SMILES string of the molecule is Cc1nc(SCC(=O)Nc2ccc(C(=O)O)cc2)sc1Cc1cc(Cl)ccc1Cl. The van der Waals surface area contributed by atoms with Crippen LogP contribution in [-0.4, -0.2) is 27.7 Å². The number of hydrogen-bond acceptors (Lipinski definition) is 5. The third kappa shape index (κ3) is 5.96. The molecule has 0 fully saturated rings. The third-order valence-electron chi connectivity index (χ3n) is 3.97. The fourth-order valence-corrected chi connectivity index (χ4v) is 4.94. The zero-order valence-corrected chi connectivity index (χ0v) is 18.4. The van der Waals surface area contributed by atoms with Crippen LogP contribution >= 0.6 is 46.3 Å². The molecule has 29 heavy (non-hydrogen) atoms. The van der Waals surface area contributed by atoms with Crippen LogP contribution < -0.4 is 5.32 Å². The first-order valence-electron chi connectivity index (χ1n) is 8.48. The number of carboxylic acid groups (broad SMARTS) is 1. The van der Waals surface area contributed by atoms with Gasteiger partial charge in [0, 0.05) is 27.0 Å². The third-order valence-corrected chi connectivity index (χ3v) is 6.88. The smallest absolute Gasteiger partial charge is 0.335 e. The molecule has 0 saturated carbocycles. The predicted octanol–water partition coefficient (Wildman–Crippen LogP) is 5.78. The van der Waals surface area contributed by atoms with Crippen LogP contribution in [0.5, 0.6) is 0 Å². The van der Waals surface area contributed by atoms with Gasteiger partial charge in [-0.05, 0) is 55.0 Å². The fraction of sp³-hybridized carbons (Fsp3) is 0.150. The number of nitrogens with one attached hydrogen (secondary N) is 1. The van der Waals surface area contributed by atoms with E-state index in [2.05, 4.69) is 10.3 Å². The molecule has 0 bridgehead atoms. The fourth-order valence-electron chi connectivity index (χ4n) is 2.50. The number of nitrogens with zero attached hydrogens (tertiary/aromatic N) is 1. The number of carbonyl (C=O) groups is 2. The molecule has 1 amide bonds. The Balaban J connectivity index is 1.58. The topological polar surface area (TPSA) is 79.3 Å². The van der Waals surface area contributed by atoms with Gasteiger partial charge in [-0.25, -0.2) is 9.78 Å². The van der Waals surface area contributed by atoms with E-state index < -0.39 is 5.97 Å². The van der Waals surface area contributed by atoms with Crippen molar-refractivity contribution in [3.8, 4) is 0 Å². The van der Waals surface area contributed by atoms with Gasteiger partial charge in [0.05, 0.1) is 17.0 Å². The Bertz CT molecular complexity index is 1050. The van der Waals surface area contributed by atoms with Crippen LogP contribution in [0.3, 0.4) is 0 Å². The van der Waals surface area contributed by atoms with Crippen molar-refractivity contribution in [3.05, 3.63) is 74.2 Å². The van der Waals surface area contributed by atoms with Crippen molar-refractivity contribution >= 4 is 63.9 Å². The molecule has 5 nitrogen and oxygen atoms in total. The highest BCUT2D eigenvalue weighted by atomic mass is 35.5. The number of halogens is 2. The number of aromatic carboxylic acids is 1. The van der Waals surface area contributed by atoms with Crippen LogP contribution in [0.1, 0.15) is 26.5 Å². The normalized spacial score (nSPS) is 10.7. The van der Waals surface area contributed by atoms with Crippen LogP contribution in [-0.2, 0) is 11.2 Å². The maximum atomic E-state index is 12.2. The minimum atomic E-state index is -1.01. The molecule has 2 N–H and O–H groups in total. The average Bonchev–Trinajstić information content (AvgIpc) is 3.03. The van der Waals surface area contributed by atoms with Gasteiger partial charge in [-0.2, -0.15) is 0 Å². The van der Waals surface area contributed by atoms with Crippen molar-refractivity contribution in [1.29, 1.82) is 0 Å². The highest BCUT2D eigenvalue weighted by Gasteiger charge is 2.13. The van der Waals surface area contributed by atoms with Crippen molar-refractivity contribution in [2.75, 3.05) is 11.1 Å². The van der Waals surface area contributed by atoms with E-state index in [1.54, 1.807) is 24.3 Å². The summed E-state index contributed by atoms with van der Waals surface area (Å²) in [4.78, 5) is 28.6. The second-order valence-electron chi connectivity index (χ2n) is 6.12. The number of hydrogen-bond donors (Lipinski definition) is 2. The molecule has 0 aliphatic heterocycles. The van der Waals surface area contributed by atoms with Gasteiger partial charge in [-0.1, -0.05) is 35.0 Å². The summed E-state index contributed by atoms with van der Waals surface area (Å²) in [5.74, 6) is -0.997. The number of aromatic nitrogens is 1. The summed E-state index contributed by atoms with van der Waals surface area (Å²) in [6.45, 7) is 1.93. The van der Waals surface area contributed by atoms with E-state index in [9.17, 15) is 9.59 Å². The maximum absolute atomic E-state index is 12.2. The van der Waals surface area contributed by atoms with Crippen molar-refractivity contribution in [2.24, 2.45) is 0 Å². The number of carbonyl (C=O) groups excluding carboxylic acids is 1. The highest BCUT2D eigenvalue weighted by molar-refractivity contribution is 8.01. The highest BCUT2D eigenvalue weighted by Crippen LogP contribution is 2.31. The summed E-state index contributed by atoms with van der Waals surface area (Å²) in [6, 6.07) is 11.4. The Hall–Kier alpha value is -2.06. The van der Waals surface area contributed by atoms with Crippen molar-refractivity contribution in [3.63, 3.8) is 0 Å². The number of anilines is 1. The zero-order chi connectivity index (χ0) is 21.0. The molecule has 0 atom stereocenters. The Kier molecular flexibility index (Phi) is 7.18. The van der Waals surface area contributed by atoms with Crippen LogP contribution in [0.15, 0.2) is 46.8 Å². The van der Waals surface area contributed by atoms with E-state index in [-0.39, 0.29) is 17.2 Å². The molecule has 0 aliphatic carbocycles. The largest absolute Gasteiger partial charge is 0.478 e. The molecule has 150 valence electrons. The second kappa shape index (κ2) is 9.63. The molecule has 0 unspecified atom stereocenters. The lowest BCUT2D eigenvalue weighted by Crippen LogP contribution is -2.14. The molecule has 0 radical (unpaired) electrons. The molecule has 0 spiro atoms. The monoisotopic (exact) mass is 466 g/mol. The van der Waals surface area contributed by atoms with Crippen molar-refractivity contribution in [2.45, 2.75) is 17.7 Å². The summed E-state index contributed by atoms with van der Waals surface area (Å²) in [5, 5.41) is 12.9. The second-order valence-corrected chi connectivity index (χ2v) is 9.27. The van der Waals surface area contributed by atoms with E-state index in [0.29, 0.717) is 22.2 Å². The first kappa shape index (κ1) is 21.6. The molecule has 3 rings (SSSR count). The Morgan fingerprint density at radius 1 is 1.17 bits per heavy atom. The Morgan fingerprint density at radius 2 is 1.90 bits per heavy atom. The molecule has 3 aromatic rings. The van der Waals surface area contributed by atoms with Crippen molar-refractivity contribution < 1.29 is 14.7 Å². The first-order chi connectivity index (χ1) is 13.8. The lowest BCUT2D eigenvalue weighted by molar-refractivity contribution is -0.113. The lowest BCUT2D eigenvalue weighted by atomic mass is 10.1. The minimum absolute atomic E-state index is 0.169. The number of benzene rings is 2. The molecule has 0 aliphatic rings. The maximum Gasteiger partial charge on any atom is 0.335 e. The number of rotatable bonds is 7. The van der Waals surface area contributed by atoms with Gasteiger partial charge in [0.15, 0.2) is 4.34 Å². The predicted molar refractivity (Wildman–Crippen MR) is 119 cm³/mol. The average molecular weight is 467 g/mol. The number of amides is 1. The van der Waals surface area contributed by atoms with Gasteiger partial charge in [-0.3, -0.25) is 4.79 Å². The summed E-state index contributed by atoms with van der Waals surface area (Å²) >= 11 is 15.2. The number of thioether (sulfide) groups is 1. The standard InChI is InChI=1S/C20H16Cl2N2O3S2/c1-11-17(9-13-8-14(21)4-7-16(13)22)29-20(23-11)28-10-18(25)24-15-5-2-12(3-6-15)19(26)27/h2-8H,9-10H2,1H3,(H,24,25)(H,26,27). The quantitative estimate of drug-likeness (QED) is 0.431. The van der Waals surface area contributed by atoms with Gasteiger partial charge >= 0.3 is 5.97 Å². The van der Waals surface area contributed by atoms with Crippen LogP contribution in [0.25, 0.3) is 0 Å². The zero-order valence-electron chi connectivity index (χ0n) is 15.2. The molecular formula is C20H16Cl2N2O3S2. The number of thiazole rings is 1. The molecule has 1 heterocycles. The molecular weight excluding hydrogens is 451 g/mol. The van der Waals surface area contributed by atoms with E-state index in [1.807, 2.05) is 13.0 Å². The van der Waals surface area contributed by atoms with Gasteiger partial charge < -0.3 is 10.4 Å². The van der Waals surface area contributed by atoms with Gasteiger partial charge in [0.1, 0.15) is 0 Å². The Morgan fingerprint density at radius 3 is 2.59 bits per heavy atom. The van der Waals surface area contributed by atoms with Crippen LogP contribution in [0.4, 0.5) is 5.69 Å². The molecule has 1 aromatic heterocycles. The van der Waals surface area contributed by atoms with Crippen LogP contribution in [0.2, 0.25) is 10.0 Å². The molecule has 9 heteroatoms. The number of carboxylic acids is 1. The van der Waals surface area contributed by atoms with Gasteiger partial charge in [0.2, 0.25) is 5.91 Å². The molecule has 2 aromatic carbocycles. The first-order valence-corrected chi connectivity index (χ1v) is 11.0. The molecule has 0 saturated heterocycles. The van der Waals surface area contributed by atoms with Gasteiger partial charge in [0.25, 0.3) is 0 Å². The van der Waals surface area contributed by atoms with E-state index in [1.165, 1.54) is 35.2 Å². The number of aryl methyl sites for hydroxylation is 1. The minimum Gasteiger partial charge on any atom is -0.478 e. The Labute approximate surface area is 186 Å². The summed E-state index contributed by atoms with van der Waals surface area (Å²) in [7, 11) is 0. The van der Waals surface area contributed by atoms with Crippen LogP contribution in [0, 0.1) is 6.92 Å². The summed E-state index contributed by atoms with van der Waals surface area (Å²) in [6.07, 6.45) is 0.631. The van der Waals surface area contributed by atoms with E-state index in [4.69, 9.17) is 28.3 Å². The van der Waals surface area contributed by atoms with Gasteiger partial charge in [-0.15, -0.1) is 11.3 Å². The van der Waals surface area contributed by atoms with E-state index in [0.717, 1.165) is 20.5 Å². The summed E-state index contributed by atoms with van der Waals surface area (Å²) < 4.78 is 0.798. The van der Waals surface area contributed by atoms with Crippen molar-refractivity contribution in [1.82, 2.24) is 4.98 Å². The lowest BCUT2D eigenvalue weighted by Gasteiger charge is -2.04.